The molecule has 0 atom stereocenters. The quantitative estimate of drug-likeness (QED) is 0.604. The van der Waals surface area contributed by atoms with Crippen LogP contribution in [0.3, 0.4) is 0 Å². The number of nitro benzene ring substituents is 1. The molecule has 2 amide bonds. The molecule has 1 aromatic rings. The lowest BCUT2D eigenvalue weighted by molar-refractivity contribution is -0.384. The number of amides is 2. The first-order valence-electron chi connectivity index (χ1n) is 7.25. The zero-order valence-corrected chi connectivity index (χ0v) is 13.3. The van der Waals surface area contributed by atoms with Crippen molar-refractivity contribution < 1.29 is 19.2 Å². The number of carbonyl (C=O) groups excluding carboxylic acids is 2. The molecule has 0 saturated heterocycles. The van der Waals surface area contributed by atoms with Gasteiger partial charge in [0.1, 0.15) is 12.3 Å². The van der Waals surface area contributed by atoms with E-state index in [1.54, 1.807) is 11.9 Å². The van der Waals surface area contributed by atoms with Gasteiger partial charge in [-0.05, 0) is 12.0 Å². The van der Waals surface area contributed by atoms with E-state index in [2.05, 4.69) is 0 Å². The second-order valence-electron chi connectivity index (χ2n) is 5.85. The Labute approximate surface area is 133 Å². The molecular formula is C15H19N3O5. The molecule has 0 radical (unpaired) electrons. The smallest absolute Gasteiger partial charge is 0.271 e. The van der Waals surface area contributed by atoms with Crippen molar-refractivity contribution in [3.05, 3.63) is 28.3 Å². The zero-order chi connectivity index (χ0) is 17.1. The van der Waals surface area contributed by atoms with Gasteiger partial charge < -0.3 is 9.64 Å². The minimum Gasteiger partial charge on any atom is -0.482 e. The van der Waals surface area contributed by atoms with Gasteiger partial charge in [0.2, 0.25) is 5.91 Å². The third-order valence-corrected chi connectivity index (χ3v) is 3.45. The molecule has 0 aliphatic carbocycles. The van der Waals surface area contributed by atoms with Gasteiger partial charge in [-0.2, -0.15) is 0 Å². The van der Waals surface area contributed by atoms with Crippen LogP contribution >= 0.6 is 0 Å². The average molecular weight is 321 g/mol. The molecule has 0 aromatic heterocycles. The molecule has 0 saturated carbocycles. The van der Waals surface area contributed by atoms with Crippen molar-refractivity contribution in [2.24, 2.45) is 5.92 Å². The molecule has 0 unspecified atom stereocenters. The summed E-state index contributed by atoms with van der Waals surface area (Å²) in [5.41, 5.74) is 0.0942. The molecule has 8 heteroatoms. The van der Waals surface area contributed by atoms with Crippen LogP contribution in [0, 0.1) is 16.0 Å². The highest BCUT2D eigenvalue weighted by molar-refractivity contribution is 6.02. The van der Waals surface area contributed by atoms with Crippen LogP contribution in [0.5, 0.6) is 5.75 Å². The Hall–Kier alpha value is -2.64. The van der Waals surface area contributed by atoms with Gasteiger partial charge in [0.15, 0.2) is 6.61 Å². The van der Waals surface area contributed by atoms with Crippen LogP contribution in [0.4, 0.5) is 11.4 Å². The van der Waals surface area contributed by atoms with Crippen LogP contribution < -0.4 is 9.64 Å². The fourth-order valence-electron chi connectivity index (χ4n) is 2.38. The number of anilines is 1. The summed E-state index contributed by atoms with van der Waals surface area (Å²) in [6.07, 6.45) is 0. The molecule has 0 spiro atoms. The van der Waals surface area contributed by atoms with E-state index < -0.39 is 10.8 Å². The number of likely N-dealkylation sites (N-methyl/N-ethyl adjacent to an activating group) is 1. The molecule has 1 aromatic carbocycles. The van der Waals surface area contributed by atoms with Gasteiger partial charge in [-0.15, -0.1) is 0 Å². The maximum absolute atomic E-state index is 12.3. The highest BCUT2D eigenvalue weighted by Gasteiger charge is 2.30. The Morgan fingerprint density at radius 2 is 2.17 bits per heavy atom. The van der Waals surface area contributed by atoms with Crippen molar-refractivity contribution in [3.63, 3.8) is 0 Å². The van der Waals surface area contributed by atoms with Gasteiger partial charge >= 0.3 is 0 Å². The van der Waals surface area contributed by atoms with E-state index in [1.807, 2.05) is 13.8 Å². The summed E-state index contributed by atoms with van der Waals surface area (Å²) >= 11 is 0. The summed E-state index contributed by atoms with van der Waals surface area (Å²) in [6, 6.07) is 4.00. The number of fused-ring (bicyclic) bond motifs is 1. The first-order chi connectivity index (χ1) is 10.8. The maximum Gasteiger partial charge on any atom is 0.271 e. The summed E-state index contributed by atoms with van der Waals surface area (Å²) in [6.45, 7) is 4.19. The van der Waals surface area contributed by atoms with Crippen LogP contribution in [0.15, 0.2) is 18.2 Å². The molecule has 0 N–H and O–H groups in total. The van der Waals surface area contributed by atoms with E-state index >= 15 is 0 Å². The Morgan fingerprint density at radius 1 is 1.48 bits per heavy atom. The molecule has 124 valence electrons. The van der Waals surface area contributed by atoms with Gasteiger partial charge in [0.25, 0.3) is 11.6 Å². The van der Waals surface area contributed by atoms with Gasteiger partial charge in [-0.25, -0.2) is 0 Å². The number of nitrogens with zero attached hydrogens (tertiary/aromatic N) is 3. The number of hydrogen-bond donors (Lipinski definition) is 0. The summed E-state index contributed by atoms with van der Waals surface area (Å²) in [5, 5.41) is 10.9. The van der Waals surface area contributed by atoms with Crippen molar-refractivity contribution in [1.29, 1.82) is 0 Å². The monoisotopic (exact) mass is 321 g/mol. The molecule has 23 heavy (non-hydrogen) atoms. The topological polar surface area (TPSA) is 93.0 Å². The molecule has 0 fully saturated rings. The van der Waals surface area contributed by atoms with Crippen LogP contribution in [0.2, 0.25) is 0 Å². The van der Waals surface area contributed by atoms with Gasteiger partial charge in [0, 0.05) is 25.7 Å². The predicted octanol–water partition coefficient (Wildman–Crippen LogP) is 1.43. The first-order valence-corrected chi connectivity index (χ1v) is 7.25. The number of benzene rings is 1. The maximum atomic E-state index is 12.3. The normalized spacial score (nSPS) is 13.6. The number of hydrogen-bond acceptors (Lipinski definition) is 5. The Balaban J connectivity index is 2.25. The first kappa shape index (κ1) is 16.7. The largest absolute Gasteiger partial charge is 0.482 e. The standard InChI is InChI=1S/C15H19N3O5/c1-10(2)7-16(3)14(19)8-17-12-6-11(18(21)22)4-5-13(12)23-9-15(17)20/h4-6,10H,7-9H2,1-3H3. The average Bonchev–Trinajstić information content (AvgIpc) is 2.48. The summed E-state index contributed by atoms with van der Waals surface area (Å²) in [7, 11) is 1.67. The second kappa shape index (κ2) is 6.64. The third kappa shape index (κ3) is 3.77. The minimum atomic E-state index is -0.551. The highest BCUT2D eigenvalue weighted by Crippen LogP contribution is 2.35. The third-order valence-electron chi connectivity index (χ3n) is 3.45. The SMILES string of the molecule is CC(C)CN(C)C(=O)CN1C(=O)COc2ccc([N+](=O)[O-])cc21. The Bertz CT molecular complexity index is 644. The lowest BCUT2D eigenvalue weighted by Gasteiger charge is -2.30. The van der Waals surface area contributed by atoms with Crippen molar-refractivity contribution in [2.75, 3.05) is 31.6 Å². The van der Waals surface area contributed by atoms with E-state index in [0.717, 1.165) is 0 Å². The van der Waals surface area contributed by atoms with Gasteiger partial charge in [-0.1, -0.05) is 13.8 Å². The Morgan fingerprint density at radius 3 is 2.78 bits per heavy atom. The summed E-state index contributed by atoms with van der Waals surface area (Å²) < 4.78 is 5.27. The second-order valence-corrected chi connectivity index (χ2v) is 5.85. The predicted molar refractivity (Wildman–Crippen MR) is 83.4 cm³/mol. The number of nitro groups is 1. The van der Waals surface area contributed by atoms with Crippen LogP contribution in [-0.4, -0.2) is 48.4 Å². The molecule has 1 aliphatic rings. The Kier molecular flexibility index (Phi) is 4.83. The fourth-order valence-corrected chi connectivity index (χ4v) is 2.38. The van der Waals surface area contributed by atoms with E-state index in [0.29, 0.717) is 18.2 Å². The number of carbonyl (C=O) groups is 2. The molecule has 2 rings (SSSR count). The molecule has 0 bridgehead atoms. The molecule has 1 aliphatic heterocycles. The molecule has 1 heterocycles. The molecular weight excluding hydrogens is 302 g/mol. The van der Waals surface area contributed by atoms with E-state index in [9.17, 15) is 19.7 Å². The zero-order valence-electron chi connectivity index (χ0n) is 13.3. The van der Waals surface area contributed by atoms with Crippen molar-refractivity contribution in [1.82, 2.24) is 4.90 Å². The van der Waals surface area contributed by atoms with E-state index in [-0.39, 0.29) is 30.4 Å². The number of non-ortho nitro benzene ring substituents is 1. The van der Waals surface area contributed by atoms with Crippen molar-refractivity contribution in [2.45, 2.75) is 13.8 Å². The number of ether oxygens (including phenoxy) is 1. The highest BCUT2D eigenvalue weighted by atomic mass is 16.6. The van der Waals surface area contributed by atoms with Crippen molar-refractivity contribution >= 4 is 23.2 Å². The van der Waals surface area contributed by atoms with Crippen LogP contribution in [-0.2, 0) is 9.59 Å². The lowest BCUT2D eigenvalue weighted by Crippen LogP contribution is -2.46. The fraction of sp³-hybridized carbons (Fsp3) is 0.467. The lowest BCUT2D eigenvalue weighted by atomic mass is 10.2. The van der Waals surface area contributed by atoms with Crippen LogP contribution in [0.25, 0.3) is 0 Å². The number of rotatable bonds is 5. The van der Waals surface area contributed by atoms with Crippen LogP contribution in [0.1, 0.15) is 13.8 Å². The van der Waals surface area contributed by atoms with Gasteiger partial charge in [0.05, 0.1) is 10.6 Å². The van der Waals surface area contributed by atoms with Crippen molar-refractivity contribution in [3.8, 4) is 5.75 Å². The van der Waals surface area contributed by atoms with E-state index in [1.165, 1.54) is 23.1 Å². The summed E-state index contributed by atoms with van der Waals surface area (Å²) in [5.74, 6) is 0.0305. The van der Waals surface area contributed by atoms with E-state index in [4.69, 9.17) is 4.74 Å². The minimum absolute atomic E-state index is 0.157. The van der Waals surface area contributed by atoms with Gasteiger partial charge in [-0.3, -0.25) is 24.6 Å². The summed E-state index contributed by atoms with van der Waals surface area (Å²) in [4.78, 5) is 37.5. The molecule has 8 nitrogen and oxygen atoms in total.